The molecule has 0 saturated carbocycles. The van der Waals surface area contributed by atoms with E-state index in [1.807, 2.05) is 6.07 Å². The summed E-state index contributed by atoms with van der Waals surface area (Å²) in [6, 6.07) is 15.8. The first-order chi connectivity index (χ1) is 24.0. The second kappa shape index (κ2) is 20.6. The summed E-state index contributed by atoms with van der Waals surface area (Å²) in [5.74, 6) is -0.0721. The van der Waals surface area contributed by atoms with Gasteiger partial charge in [-0.05, 0) is 74.2 Å². The van der Waals surface area contributed by atoms with Crippen molar-refractivity contribution in [2.45, 2.75) is 33.3 Å². The van der Waals surface area contributed by atoms with E-state index in [0.717, 1.165) is 16.7 Å². The van der Waals surface area contributed by atoms with Crippen LogP contribution >= 0.6 is 0 Å². The molecular weight excluding hydrogens is 753 g/mol. The third-order valence-corrected chi connectivity index (χ3v) is 8.96. The van der Waals surface area contributed by atoms with Crippen molar-refractivity contribution in [3.05, 3.63) is 94.8 Å². The molecule has 277 valence electrons. The first-order valence-electron chi connectivity index (χ1n) is 15.1. The van der Waals surface area contributed by atoms with Gasteiger partial charge in [0.05, 0.1) is 36.9 Å². The van der Waals surface area contributed by atoms with Crippen molar-refractivity contribution in [2.24, 2.45) is 0 Å². The molecule has 0 atom stereocenters. The van der Waals surface area contributed by atoms with Crippen LogP contribution in [-0.4, -0.2) is 75.4 Å². The second-order valence-electron chi connectivity index (χ2n) is 11.1. The zero-order valence-electron chi connectivity index (χ0n) is 28.3. The summed E-state index contributed by atoms with van der Waals surface area (Å²) < 4.78 is 98.8. The SMILES string of the molecule is Cc1nc(OCCCS(C)(=O)=O)ccc1-c1ccc(F)c(C=O)c1.Cc1nc(OCCCS(C)(=O)=O)ccc1-c1ccc(F)c(CO)c1.[O]=[Mn]=[O]. The molecule has 0 saturated heterocycles. The molecule has 0 bridgehead atoms. The average molecular weight is 792 g/mol. The van der Waals surface area contributed by atoms with Gasteiger partial charge in [-0.25, -0.2) is 35.6 Å². The standard InChI is InChI=1S/C17H20FNO4S.C17H18FNO4S.Mn.2O/c2*1-12-15(13-4-6-16(18)14(10-13)11-20)5-7-17(19-12)23-8-3-9-24(2,21)22;;;/h4-7,10,20H,3,8-9,11H2,1-2H3;4-7,10-11H,3,8-9H2,1-2H3;;;. The van der Waals surface area contributed by atoms with E-state index in [1.165, 1.54) is 30.7 Å². The zero-order chi connectivity index (χ0) is 38.2. The Hall–Kier alpha value is -4.15. The van der Waals surface area contributed by atoms with Crippen LogP contribution in [0.3, 0.4) is 0 Å². The normalized spacial score (nSPS) is 11.0. The Bertz CT molecular complexity index is 2060. The third-order valence-electron chi connectivity index (χ3n) is 6.90. The van der Waals surface area contributed by atoms with E-state index in [9.17, 15) is 30.4 Å². The number of nitrogens with zero attached hydrogens (tertiary/aromatic N) is 2. The second-order valence-corrected chi connectivity index (χ2v) is 15.8. The summed E-state index contributed by atoms with van der Waals surface area (Å²) in [7, 11) is -5.99. The van der Waals surface area contributed by atoms with Crippen LogP contribution in [0.2, 0.25) is 0 Å². The van der Waals surface area contributed by atoms with Gasteiger partial charge in [0.25, 0.3) is 0 Å². The quantitative estimate of drug-likeness (QED) is 0.102. The van der Waals surface area contributed by atoms with E-state index >= 15 is 0 Å². The molecule has 0 radical (unpaired) electrons. The Morgan fingerprint density at radius 1 is 0.725 bits per heavy atom. The molecule has 4 aromatic rings. The van der Waals surface area contributed by atoms with Crippen LogP contribution < -0.4 is 9.47 Å². The van der Waals surface area contributed by atoms with Gasteiger partial charge in [0, 0.05) is 52.7 Å². The van der Waals surface area contributed by atoms with Crippen LogP contribution in [0.25, 0.3) is 22.3 Å². The number of sulfone groups is 2. The van der Waals surface area contributed by atoms with Crippen molar-refractivity contribution in [2.75, 3.05) is 37.2 Å². The minimum absolute atomic E-state index is 0.00648. The fourth-order valence-electron chi connectivity index (χ4n) is 4.51. The molecule has 0 aliphatic rings. The van der Waals surface area contributed by atoms with E-state index in [2.05, 4.69) is 9.97 Å². The number of carbonyl (C=O) groups is 1. The topological polar surface area (TPSA) is 184 Å². The van der Waals surface area contributed by atoms with Gasteiger partial charge in [0.2, 0.25) is 11.8 Å². The van der Waals surface area contributed by atoms with Gasteiger partial charge < -0.3 is 14.6 Å². The number of aliphatic hydroxyl groups is 1. The van der Waals surface area contributed by atoms with Gasteiger partial charge in [0.1, 0.15) is 31.3 Å². The molecule has 4 rings (SSSR count). The Kier molecular flexibility index (Phi) is 17.4. The third kappa shape index (κ3) is 15.3. The number of carbonyl (C=O) groups excluding carboxylic acids is 1. The van der Waals surface area contributed by atoms with Crippen molar-refractivity contribution in [1.29, 1.82) is 0 Å². The van der Waals surface area contributed by atoms with Crippen molar-refractivity contribution in [3.63, 3.8) is 0 Å². The number of aliphatic hydroxyl groups excluding tert-OH is 1. The van der Waals surface area contributed by atoms with Gasteiger partial charge >= 0.3 is 22.5 Å². The number of pyridine rings is 2. The Morgan fingerprint density at radius 3 is 1.55 bits per heavy atom. The predicted octanol–water partition coefficient (Wildman–Crippen LogP) is 5.08. The number of rotatable bonds is 14. The molecule has 17 heteroatoms. The number of hydrogen-bond donors (Lipinski definition) is 1. The molecule has 0 fully saturated rings. The van der Waals surface area contributed by atoms with E-state index in [1.54, 1.807) is 50.2 Å². The number of ether oxygens (including phenoxy) is 2. The maximum atomic E-state index is 13.5. The number of halogens is 2. The molecule has 0 amide bonds. The number of benzene rings is 2. The van der Waals surface area contributed by atoms with Crippen LogP contribution in [0, 0.1) is 25.5 Å². The molecule has 0 spiro atoms. The fourth-order valence-corrected chi connectivity index (χ4v) is 5.79. The van der Waals surface area contributed by atoms with Gasteiger partial charge in [-0.1, -0.05) is 12.1 Å². The van der Waals surface area contributed by atoms with Gasteiger partial charge in [-0.3, -0.25) is 4.79 Å². The van der Waals surface area contributed by atoms with Crippen molar-refractivity contribution < 1.29 is 67.5 Å². The zero-order valence-corrected chi connectivity index (χ0v) is 31.1. The first kappa shape index (κ1) is 43.0. The molecule has 0 aliphatic carbocycles. The van der Waals surface area contributed by atoms with Crippen LogP contribution in [0.1, 0.15) is 40.2 Å². The van der Waals surface area contributed by atoms with Gasteiger partial charge in [0.15, 0.2) is 6.29 Å². The van der Waals surface area contributed by atoms with E-state index < -0.39 is 46.1 Å². The fraction of sp³-hybridized carbons (Fsp3) is 0.324. The van der Waals surface area contributed by atoms with E-state index in [-0.39, 0.29) is 42.5 Å². The molecule has 12 nitrogen and oxygen atoms in total. The average Bonchev–Trinajstić information content (AvgIpc) is 3.06. The molecule has 1 N–H and O–H groups in total. The summed E-state index contributed by atoms with van der Waals surface area (Å²) in [4.78, 5) is 19.5. The minimum atomic E-state index is -3.00. The maximum absolute atomic E-state index is 13.5. The monoisotopic (exact) mass is 791 g/mol. The predicted molar refractivity (Wildman–Crippen MR) is 181 cm³/mol. The summed E-state index contributed by atoms with van der Waals surface area (Å²) in [6.07, 6.45) is 3.63. The van der Waals surface area contributed by atoms with E-state index in [4.69, 9.17) is 22.2 Å². The molecule has 2 heterocycles. The van der Waals surface area contributed by atoms with Crippen molar-refractivity contribution in [1.82, 2.24) is 9.97 Å². The molecule has 0 aliphatic heterocycles. The first-order valence-corrected chi connectivity index (χ1v) is 20.2. The number of hydrogen-bond acceptors (Lipinski definition) is 12. The molecule has 2 aromatic carbocycles. The summed E-state index contributed by atoms with van der Waals surface area (Å²) >= 11 is -1.44. The molecule has 51 heavy (non-hydrogen) atoms. The van der Waals surface area contributed by atoms with Crippen LogP contribution in [0.15, 0.2) is 60.7 Å². The van der Waals surface area contributed by atoms with Crippen LogP contribution in [0.5, 0.6) is 11.8 Å². The van der Waals surface area contributed by atoms with Crippen molar-refractivity contribution in [3.8, 4) is 34.0 Å². The number of aromatic nitrogens is 2. The Morgan fingerprint density at radius 2 is 1.16 bits per heavy atom. The van der Waals surface area contributed by atoms with E-state index in [0.29, 0.717) is 47.8 Å². The summed E-state index contributed by atoms with van der Waals surface area (Å²) in [5, 5.41) is 9.16. The Labute approximate surface area is 301 Å². The summed E-state index contributed by atoms with van der Waals surface area (Å²) in [6.45, 7) is 3.74. The molecule has 2 aromatic heterocycles. The summed E-state index contributed by atoms with van der Waals surface area (Å²) in [5.41, 5.74) is 4.61. The van der Waals surface area contributed by atoms with Crippen LogP contribution in [0.4, 0.5) is 8.78 Å². The van der Waals surface area contributed by atoms with Crippen LogP contribution in [-0.2, 0) is 48.8 Å². The molecule has 0 unspecified atom stereocenters. The van der Waals surface area contributed by atoms with Crippen molar-refractivity contribution >= 4 is 26.0 Å². The number of aryl methyl sites for hydroxylation is 2. The Balaban J connectivity index is 0.000000328. The molecular formula is C34H38F2MnN2O10S2. The van der Waals surface area contributed by atoms with Gasteiger partial charge in [-0.2, -0.15) is 0 Å². The van der Waals surface area contributed by atoms with Gasteiger partial charge in [-0.15, -0.1) is 0 Å². The number of aldehydes is 1.